The third kappa shape index (κ3) is 4.56. The molecule has 26 heavy (non-hydrogen) atoms. The maximum absolute atomic E-state index is 12.1. The van der Waals surface area contributed by atoms with Gasteiger partial charge in [-0.2, -0.15) is 0 Å². The number of aryl methyl sites for hydroxylation is 1. The number of benzene rings is 2. The van der Waals surface area contributed by atoms with Gasteiger partial charge >= 0.3 is 5.97 Å². The molecule has 0 fully saturated rings. The van der Waals surface area contributed by atoms with E-state index < -0.39 is 23.4 Å². The summed E-state index contributed by atoms with van der Waals surface area (Å²) in [6.45, 7) is 3.21. The Bertz CT molecular complexity index is 834. The molecule has 0 aliphatic rings. The zero-order chi connectivity index (χ0) is 19.1. The van der Waals surface area contributed by atoms with Gasteiger partial charge in [-0.3, -0.25) is 14.9 Å². The van der Waals surface area contributed by atoms with Crippen LogP contribution in [-0.4, -0.2) is 30.0 Å². The van der Waals surface area contributed by atoms with E-state index in [4.69, 9.17) is 9.47 Å². The standard InChI is InChI=1S/C18H18N2O6/c1-3-25-15-10-5-4-8-13(15)18(22)26-11-16(21)19-17-12(2)7-6-9-14(17)20(23)24/h4-10H,3,11H2,1-2H3,(H,19,21). The molecule has 0 unspecified atom stereocenters. The molecule has 1 amide bonds. The highest BCUT2D eigenvalue weighted by molar-refractivity contribution is 5.98. The average Bonchev–Trinajstić information content (AvgIpc) is 2.62. The van der Waals surface area contributed by atoms with Gasteiger partial charge in [-0.05, 0) is 31.5 Å². The van der Waals surface area contributed by atoms with Crippen LogP contribution in [0.1, 0.15) is 22.8 Å². The van der Waals surface area contributed by atoms with E-state index in [-0.39, 0.29) is 16.9 Å². The predicted molar refractivity (Wildman–Crippen MR) is 94.4 cm³/mol. The molecule has 1 N–H and O–H groups in total. The third-order valence-electron chi connectivity index (χ3n) is 3.45. The lowest BCUT2D eigenvalue weighted by Crippen LogP contribution is -2.22. The maximum Gasteiger partial charge on any atom is 0.342 e. The van der Waals surface area contributed by atoms with Crippen molar-refractivity contribution in [3.63, 3.8) is 0 Å². The SMILES string of the molecule is CCOc1ccccc1C(=O)OCC(=O)Nc1c(C)cccc1[N+](=O)[O-]. The summed E-state index contributed by atoms with van der Waals surface area (Å²) < 4.78 is 10.3. The van der Waals surface area contributed by atoms with E-state index >= 15 is 0 Å². The van der Waals surface area contributed by atoms with Crippen molar-refractivity contribution in [1.82, 2.24) is 0 Å². The Morgan fingerprint density at radius 3 is 2.58 bits per heavy atom. The van der Waals surface area contributed by atoms with E-state index in [9.17, 15) is 19.7 Å². The summed E-state index contributed by atoms with van der Waals surface area (Å²) in [6.07, 6.45) is 0. The molecule has 0 saturated carbocycles. The minimum atomic E-state index is -0.719. The molecule has 0 heterocycles. The summed E-state index contributed by atoms with van der Waals surface area (Å²) in [5.74, 6) is -1.04. The van der Waals surface area contributed by atoms with Crippen LogP contribution in [0, 0.1) is 17.0 Å². The number of rotatable bonds is 7. The lowest BCUT2D eigenvalue weighted by molar-refractivity contribution is -0.384. The number of anilines is 1. The van der Waals surface area contributed by atoms with E-state index in [1.807, 2.05) is 0 Å². The predicted octanol–water partition coefficient (Wildman–Crippen LogP) is 3.10. The van der Waals surface area contributed by atoms with E-state index in [0.717, 1.165) is 0 Å². The first-order valence-corrected chi connectivity index (χ1v) is 7.86. The molecule has 136 valence electrons. The smallest absolute Gasteiger partial charge is 0.342 e. The fraction of sp³-hybridized carbons (Fsp3) is 0.222. The summed E-state index contributed by atoms with van der Waals surface area (Å²) in [6, 6.07) is 10.9. The summed E-state index contributed by atoms with van der Waals surface area (Å²) in [4.78, 5) is 34.7. The molecular weight excluding hydrogens is 340 g/mol. The monoisotopic (exact) mass is 358 g/mol. The summed E-state index contributed by atoms with van der Waals surface area (Å²) in [5.41, 5.74) is 0.573. The van der Waals surface area contributed by atoms with Crippen LogP contribution in [0.15, 0.2) is 42.5 Å². The van der Waals surface area contributed by atoms with Crippen molar-refractivity contribution in [2.24, 2.45) is 0 Å². The highest BCUT2D eigenvalue weighted by Gasteiger charge is 2.19. The minimum absolute atomic E-state index is 0.0771. The molecule has 2 aromatic rings. The number of hydrogen-bond acceptors (Lipinski definition) is 6. The maximum atomic E-state index is 12.1. The van der Waals surface area contributed by atoms with Gasteiger partial charge in [-0.15, -0.1) is 0 Å². The number of esters is 1. The van der Waals surface area contributed by atoms with Gasteiger partial charge in [0.15, 0.2) is 6.61 Å². The van der Waals surface area contributed by atoms with Crippen molar-refractivity contribution < 1.29 is 24.0 Å². The summed E-state index contributed by atoms with van der Waals surface area (Å²) >= 11 is 0. The number of ether oxygens (including phenoxy) is 2. The third-order valence-corrected chi connectivity index (χ3v) is 3.45. The first-order valence-electron chi connectivity index (χ1n) is 7.86. The average molecular weight is 358 g/mol. The number of hydrogen-bond donors (Lipinski definition) is 1. The largest absolute Gasteiger partial charge is 0.493 e. The number of carbonyl (C=O) groups is 2. The van der Waals surface area contributed by atoms with Crippen LogP contribution in [0.5, 0.6) is 5.75 Å². The molecule has 0 radical (unpaired) electrons. The van der Waals surface area contributed by atoms with Gasteiger partial charge < -0.3 is 14.8 Å². The molecule has 0 saturated heterocycles. The molecule has 8 heteroatoms. The fourth-order valence-electron chi connectivity index (χ4n) is 2.27. The Morgan fingerprint density at radius 2 is 1.88 bits per heavy atom. The van der Waals surface area contributed by atoms with Crippen molar-refractivity contribution in [2.75, 3.05) is 18.5 Å². The Kier molecular flexibility index (Phi) is 6.26. The van der Waals surface area contributed by atoms with Gasteiger partial charge in [-0.1, -0.05) is 24.3 Å². The molecule has 0 bridgehead atoms. The zero-order valence-corrected chi connectivity index (χ0v) is 14.4. The first kappa shape index (κ1) is 18.9. The van der Waals surface area contributed by atoms with Crippen LogP contribution in [-0.2, 0) is 9.53 Å². The lowest BCUT2D eigenvalue weighted by atomic mass is 10.1. The van der Waals surface area contributed by atoms with Crippen LogP contribution in [0.4, 0.5) is 11.4 Å². The quantitative estimate of drug-likeness (QED) is 0.463. The van der Waals surface area contributed by atoms with Crippen molar-refractivity contribution >= 4 is 23.3 Å². The number of carbonyl (C=O) groups excluding carboxylic acids is 2. The highest BCUT2D eigenvalue weighted by Crippen LogP contribution is 2.27. The van der Waals surface area contributed by atoms with Gasteiger partial charge in [0.25, 0.3) is 11.6 Å². The van der Waals surface area contributed by atoms with Crippen molar-refractivity contribution in [1.29, 1.82) is 0 Å². The molecule has 0 atom stereocenters. The van der Waals surface area contributed by atoms with E-state index in [1.165, 1.54) is 18.2 Å². The molecule has 0 aliphatic carbocycles. The number of nitro groups is 1. The molecule has 0 aromatic heterocycles. The summed E-state index contributed by atoms with van der Waals surface area (Å²) in [5, 5.41) is 13.5. The van der Waals surface area contributed by atoms with Crippen molar-refractivity contribution in [3.05, 3.63) is 63.7 Å². The lowest BCUT2D eigenvalue weighted by Gasteiger charge is -2.11. The normalized spacial score (nSPS) is 10.1. The number of amides is 1. The van der Waals surface area contributed by atoms with Gasteiger partial charge in [0.05, 0.1) is 11.5 Å². The van der Waals surface area contributed by atoms with Gasteiger partial charge in [0, 0.05) is 6.07 Å². The van der Waals surface area contributed by atoms with Crippen LogP contribution in [0.2, 0.25) is 0 Å². The molecule has 2 aromatic carbocycles. The Labute approximate surface area is 149 Å². The van der Waals surface area contributed by atoms with E-state index in [2.05, 4.69) is 5.32 Å². The Hall–Kier alpha value is -3.42. The second-order valence-electron chi connectivity index (χ2n) is 5.28. The topological polar surface area (TPSA) is 108 Å². The van der Waals surface area contributed by atoms with Crippen molar-refractivity contribution in [3.8, 4) is 5.75 Å². The van der Waals surface area contributed by atoms with Gasteiger partial charge in [-0.25, -0.2) is 4.79 Å². The number of nitrogens with one attached hydrogen (secondary N) is 1. The number of nitro benzene ring substituents is 1. The first-order chi connectivity index (χ1) is 12.4. The van der Waals surface area contributed by atoms with E-state index in [1.54, 1.807) is 38.1 Å². The Morgan fingerprint density at radius 1 is 1.15 bits per heavy atom. The summed E-state index contributed by atoms with van der Waals surface area (Å²) in [7, 11) is 0. The Balaban J connectivity index is 2.04. The molecular formula is C18H18N2O6. The minimum Gasteiger partial charge on any atom is -0.493 e. The van der Waals surface area contributed by atoms with Crippen molar-refractivity contribution in [2.45, 2.75) is 13.8 Å². The van der Waals surface area contributed by atoms with Crippen LogP contribution < -0.4 is 10.1 Å². The molecule has 8 nitrogen and oxygen atoms in total. The fourth-order valence-corrected chi connectivity index (χ4v) is 2.27. The van der Waals surface area contributed by atoms with Gasteiger partial charge in [0.1, 0.15) is 17.0 Å². The zero-order valence-electron chi connectivity index (χ0n) is 14.4. The highest BCUT2D eigenvalue weighted by atomic mass is 16.6. The van der Waals surface area contributed by atoms with Crippen LogP contribution in [0.25, 0.3) is 0 Å². The second kappa shape index (κ2) is 8.61. The second-order valence-corrected chi connectivity index (χ2v) is 5.28. The van der Waals surface area contributed by atoms with Crippen LogP contribution in [0.3, 0.4) is 0 Å². The molecule has 0 spiro atoms. The molecule has 0 aliphatic heterocycles. The number of nitrogens with zero attached hydrogens (tertiary/aromatic N) is 1. The van der Waals surface area contributed by atoms with E-state index in [0.29, 0.717) is 17.9 Å². The van der Waals surface area contributed by atoms with Crippen LogP contribution >= 0.6 is 0 Å². The molecule has 2 rings (SSSR count). The number of para-hydroxylation sites is 2. The van der Waals surface area contributed by atoms with Gasteiger partial charge in [0.2, 0.25) is 0 Å².